The Balaban J connectivity index is 1.59. The third kappa shape index (κ3) is 2.89. The lowest BCUT2D eigenvalue weighted by molar-refractivity contribution is 0.219. The highest BCUT2D eigenvalue weighted by Gasteiger charge is 2.22. The van der Waals surface area contributed by atoms with Gasteiger partial charge >= 0.3 is 0 Å². The molecule has 9 heteroatoms. The van der Waals surface area contributed by atoms with Gasteiger partial charge in [0.05, 0.1) is 22.6 Å². The van der Waals surface area contributed by atoms with Gasteiger partial charge in [0.1, 0.15) is 23.5 Å². The van der Waals surface area contributed by atoms with Gasteiger partial charge in [-0.15, -0.1) is 0 Å². The predicted octanol–water partition coefficient (Wildman–Crippen LogP) is 3.09. The van der Waals surface area contributed by atoms with Crippen molar-refractivity contribution in [2.75, 3.05) is 25.4 Å². The number of nitrogen functional groups attached to an aromatic ring is 1. The number of hydrogen-bond donors (Lipinski definition) is 2. The highest BCUT2D eigenvalue weighted by Crippen LogP contribution is 2.37. The zero-order chi connectivity index (χ0) is 19.1. The van der Waals surface area contributed by atoms with E-state index in [9.17, 15) is 0 Å². The van der Waals surface area contributed by atoms with E-state index in [1.165, 1.54) is 25.6 Å². The van der Waals surface area contributed by atoms with Crippen molar-refractivity contribution in [2.24, 2.45) is 0 Å². The number of halogens is 1. The molecule has 8 nitrogen and oxygen atoms in total. The highest BCUT2D eigenvalue weighted by molar-refractivity contribution is 6.38. The van der Waals surface area contributed by atoms with Crippen LogP contribution in [0.15, 0.2) is 24.7 Å². The molecule has 0 bridgehead atoms. The molecule has 0 atom stereocenters. The maximum atomic E-state index is 6.64. The second-order valence-electron chi connectivity index (χ2n) is 7.15. The molecule has 1 aliphatic rings. The molecule has 0 aromatic carbocycles. The Bertz CT molecular complexity index is 1140. The van der Waals surface area contributed by atoms with E-state index in [0.29, 0.717) is 27.9 Å². The van der Waals surface area contributed by atoms with Crippen LogP contribution < -0.4 is 5.73 Å². The summed E-state index contributed by atoms with van der Waals surface area (Å²) < 4.78 is 1.91. The van der Waals surface area contributed by atoms with Crippen LogP contribution in [0.25, 0.3) is 33.5 Å². The van der Waals surface area contributed by atoms with E-state index >= 15 is 0 Å². The van der Waals surface area contributed by atoms with Crippen molar-refractivity contribution >= 4 is 39.5 Å². The Morgan fingerprint density at radius 3 is 2.79 bits per heavy atom. The van der Waals surface area contributed by atoms with E-state index in [4.69, 9.17) is 22.4 Å². The predicted molar refractivity (Wildman–Crippen MR) is 110 cm³/mol. The van der Waals surface area contributed by atoms with Crippen molar-refractivity contribution in [1.82, 2.24) is 34.6 Å². The van der Waals surface area contributed by atoms with E-state index in [0.717, 1.165) is 42.6 Å². The van der Waals surface area contributed by atoms with Crippen molar-refractivity contribution in [3.8, 4) is 11.4 Å². The second-order valence-corrected chi connectivity index (χ2v) is 7.52. The van der Waals surface area contributed by atoms with Gasteiger partial charge in [0.2, 0.25) is 0 Å². The molecule has 1 aliphatic heterocycles. The zero-order valence-corrected chi connectivity index (χ0v) is 16.2. The number of pyridine rings is 1. The number of nitrogens with two attached hydrogens (primary N) is 1. The topological polar surface area (TPSA) is 102 Å². The van der Waals surface area contributed by atoms with E-state index < -0.39 is 0 Å². The lowest BCUT2D eigenvalue weighted by atomic mass is 10.1. The summed E-state index contributed by atoms with van der Waals surface area (Å²) in [4.78, 5) is 18.7. The molecule has 0 unspecified atom stereocenters. The molecule has 1 saturated heterocycles. The number of fused-ring (bicyclic) bond motifs is 2. The highest BCUT2D eigenvalue weighted by atomic mass is 35.5. The normalized spacial score (nSPS) is 15.6. The van der Waals surface area contributed by atoms with E-state index in [1.807, 2.05) is 16.8 Å². The first kappa shape index (κ1) is 17.4. The average molecular weight is 397 g/mol. The summed E-state index contributed by atoms with van der Waals surface area (Å²) in [5.74, 6) is 0.395. The number of hydrogen-bond acceptors (Lipinski definition) is 6. The molecule has 0 spiro atoms. The van der Waals surface area contributed by atoms with Gasteiger partial charge in [-0.05, 0) is 38.1 Å². The molecule has 0 aliphatic carbocycles. The molecule has 0 radical (unpaired) electrons. The average Bonchev–Trinajstić information content (AvgIpc) is 3.26. The van der Waals surface area contributed by atoms with Crippen LogP contribution in [0.4, 0.5) is 5.82 Å². The standard InChI is InChI=1S/C19H21ClN8/c20-14-12-5-4-6-22-18(12)25-16(14)15-13-17(21)23-11-24-19(13)28(26-15)10-9-27-7-2-1-3-8-27/h4-6,11H,1-3,7-10H2,(H,22,25)(H2,21,23,24). The van der Waals surface area contributed by atoms with Gasteiger partial charge in [0.25, 0.3) is 0 Å². The van der Waals surface area contributed by atoms with E-state index in [1.54, 1.807) is 6.20 Å². The molecular formula is C19H21ClN8. The maximum Gasteiger partial charge on any atom is 0.164 e. The minimum atomic E-state index is 0.395. The van der Waals surface area contributed by atoms with Gasteiger partial charge in [0, 0.05) is 18.1 Å². The third-order valence-corrected chi connectivity index (χ3v) is 5.77. The van der Waals surface area contributed by atoms with Crippen molar-refractivity contribution in [3.05, 3.63) is 29.7 Å². The first-order valence-corrected chi connectivity index (χ1v) is 9.92. The van der Waals surface area contributed by atoms with Crippen LogP contribution in [0.1, 0.15) is 19.3 Å². The van der Waals surface area contributed by atoms with Crippen LogP contribution in [-0.4, -0.2) is 54.3 Å². The summed E-state index contributed by atoms with van der Waals surface area (Å²) in [6.07, 6.45) is 7.05. The number of aromatic nitrogens is 6. The van der Waals surface area contributed by atoms with Gasteiger partial charge in [0.15, 0.2) is 5.65 Å². The molecular weight excluding hydrogens is 376 g/mol. The second kappa shape index (κ2) is 7.03. The van der Waals surface area contributed by atoms with Gasteiger partial charge in [-0.1, -0.05) is 18.0 Å². The lowest BCUT2D eigenvalue weighted by Gasteiger charge is -2.26. The zero-order valence-electron chi connectivity index (χ0n) is 15.4. The number of rotatable bonds is 4. The molecule has 4 aromatic rings. The molecule has 0 saturated carbocycles. The van der Waals surface area contributed by atoms with Crippen LogP contribution in [0.3, 0.4) is 0 Å². The fourth-order valence-electron chi connectivity index (χ4n) is 3.93. The lowest BCUT2D eigenvalue weighted by Crippen LogP contribution is -2.32. The van der Waals surface area contributed by atoms with Crippen molar-refractivity contribution in [2.45, 2.75) is 25.8 Å². The van der Waals surface area contributed by atoms with Gasteiger partial charge in [-0.2, -0.15) is 5.10 Å². The SMILES string of the molecule is Nc1ncnc2c1c(-c1[nH]c3ncccc3c1Cl)nn2CCN1CCCCC1. The largest absolute Gasteiger partial charge is 0.383 e. The Labute approximate surface area is 166 Å². The summed E-state index contributed by atoms with van der Waals surface area (Å²) in [7, 11) is 0. The number of H-pyrrole nitrogens is 1. The Morgan fingerprint density at radius 1 is 1.11 bits per heavy atom. The summed E-state index contributed by atoms with van der Waals surface area (Å²) >= 11 is 6.64. The quantitative estimate of drug-likeness (QED) is 0.549. The van der Waals surface area contributed by atoms with Crippen LogP contribution in [0.2, 0.25) is 5.02 Å². The van der Waals surface area contributed by atoms with Gasteiger partial charge in [-0.3, -0.25) is 0 Å². The van der Waals surface area contributed by atoms with Gasteiger partial charge in [-0.25, -0.2) is 19.6 Å². The van der Waals surface area contributed by atoms with Crippen molar-refractivity contribution in [3.63, 3.8) is 0 Å². The van der Waals surface area contributed by atoms with Gasteiger partial charge < -0.3 is 15.6 Å². The Hall–Kier alpha value is -2.71. The molecule has 3 N–H and O–H groups in total. The summed E-state index contributed by atoms with van der Waals surface area (Å²) in [5, 5.41) is 6.97. The van der Waals surface area contributed by atoms with Crippen molar-refractivity contribution < 1.29 is 0 Å². The first-order valence-electron chi connectivity index (χ1n) is 9.54. The molecule has 4 aromatic heterocycles. The van der Waals surface area contributed by atoms with Crippen LogP contribution in [0, 0.1) is 0 Å². The smallest absolute Gasteiger partial charge is 0.164 e. The fourth-order valence-corrected chi connectivity index (χ4v) is 4.22. The number of piperidine rings is 1. The number of anilines is 1. The van der Waals surface area contributed by atoms with Crippen LogP contribution in [0.5, 0.6) is 0 Å². The minimum absolute atomic E-state index is 0.395. The fraction of sp³-hybridized carbons (Fsp3) is 0.368. The Morgan fingerprint density at radius 2 is 1.96 bits per heavy atom. The molecule has 144 valence electrons. The number of aromatic amines is 1. The molecule has 28 heavy (non-hydrogen) atoms. The third-order valence-electron chi connectivity index (χ3n) is 5.38. The van der Waals surface area contributed by atoms with E-state index in [-0.39, 0.29) is 0 Å². The maximum absolute atomic E-state index is 6.64. The summed E-state index contributed by atoms with van der Waals surface area (Å²) in [6.45, 7) is 3.95. The Kier molecular flexibility index (Phi) is 4.37. The molecule has 5 heterocycles. The number of nitrogens with one attached hydrogen (secondary N) is 1. The van der Waals surface area contributed by atoms with Crippen molar-refractivity contribution in [1.29, 1.82) is 0 Å². The molecule has 0 amide bonds. The summed E-state index contributed by atoms with van der Waals surface area (Å²) in [6, 6.07) is 3.79. The minimum Gasteiger partial charge on any atom is -0.383 e. The molecule has 1 fully saturated rings. The van der Waals surface area contributed by atoms with Crippen LogP contribution >= 0.6 is 11.6 Å². The number of likely N-dealkylation sites (tertiary alicyclic amines) is 1. The first-order chi connectivity index (χ1) is 13.7. The molecule has 5 rings (SSSR count). The number of nitrogens with zero attached hydrogens (tertiary/aromatic N) is 6. The van der Waals surface area contributed by atoms with E-state index in [2.05, 4.69) is 24.8 Å². The van der Waals surface area contributed by atoms with Crippen LogP contribution in [-0.2, 0) is 6.54 Å². The summed E-state index contributed by atoms with van der Waals surface area (Å²) in [5.41, 5.74) is 9.00. The monoisotopic (exact) mass is 396 g/mol.